The Labute approximate surface area is 165 Å². The Morgan fingerprint density at radius 2 is 1.67 bits per heavy atom. The molecule has 1 heterocycles. The van der Waals surface area contributed by atoms with Gasteiger partial charge in [-0.05, 0) is 61.5 Å². The monoisotopic (exact) mass is 399 g/mol. The van der Waals surface area contributed by atoms with E-state index in [1.807, 2.05) is 40.7 Å². The lowest BCUT2D eigenvalue weighted by molar-refractivity contribution is 0.0955. The Bertz CT molecular complexity index is 722. The highest BCUT2D eigenvalue weighted by atomic mass is 32.1. The minimum absolute atomic E-state index is 0.0251. The van der Waals surface area contributed by atoms with Crippen molar-refractivity contribution in [3.63, 3.8) is 0 Å². The smallest absolute Gasteiger partial charge is 0.274 e. The highest BCUT2D eigenvalue weighted by molar-refractivity contribution is 7.20. The summed E-state index contributed by atoms with van der Waals surface area (Å²) in [6, 6.07) is 3.59. The number of aliphatic hydroxyl groups is 3. The first kappa shape index (κ1) is 23.6. The Kier molecular flexibility index (Phi) is 8.04. The number of aliphatic hydroxyl groups excluding tert-OH is 2. The van der Waals surface area contributed by atoms with Crippen molar-refractivity contribution in [1.82, 2.24) is 4.98 Å². The second-order valence-electron chi connectivity index (χ2n) is 8.59. The van der Waals surface area contributed by atoms with E-state index in [2.05, 4.69) is 4.98 Å². The summed E-state index contributed by atoms with van der Waals surface area (Å²) in [5, 5.41) is 28.4. The predicted molar refractivity (Wildman–Crippen MR) is 110 cm³/mol. The molecule has 0 saturated carbocycles. The number of benzene rings is 1. The van der Waals surface area contributed by atoms with Crippen LogP contribution in [0.2, 0.25) is 0 Å². The Morgan fingerprint density at radius 3 is 2.11 bits per heavy atom. The van der Waals surface area contributed by atoms with Crippen LogP contribution in [0.5, 0.6) is 10.9 Å². The van der Waals surface area contributed by atoms with Crippen LogP contribution in [0.4, 0.5) is 0 Å². The van der Waals surface area contributed by atoms with Gasteiger partial charge in [0.2, 0.25) is 0 Å². The second kappa shape index (κ2) is 9.19. The molecule has 3 N–H and O–H groups in total. The molecule has 0 aliphatic carbocycles. The van der Waals surface area contributed by atoms with Gasteiger partial charge in [-0.15, -0.1) is 0 Å². The Hall–Kier alpha value is -1.41. The third-order valence-electron chi connectivity index (χ3n) is 2.77. The molecule has 0 spiro atoms. The summed E-state index contributed by atoms with van der Waals surface area (Å²) in [7, 11) is 0. The summed E-state index contributed by atoms with van der Waals surface area (Å²) in [5.41, 5.74) is 0.447. The summed E-state index contributed by atoms with van der Waals surface area (Å²) in [5.74, 6) is 0.615. The number of rotatable bonds is 5. The minimum Gasteiger partial charge on any atom is -0.488 e. The fourth-order valence-corrected chi connectivity index (χ4v) is 3.10. The zero-order valence-electron chi connectivity index (χ0n) is 17.5. The van der Waals surface area contributed by atoms with Crippen LogP contribution in [0.15, 0.2) is 12.1 Å². The first-order chi connectivity index (χ1) is 12.2. The van der Waals surface area contributed by atoms with Crippen LogP contribution in [-0.2, 0) is 0 Å². The topological polar surface area (TPSA) is 92.0 Å². The molecule has 7 heteroatoms. The molecular formula is C20H33NO5S. The summed E-state index contributed by atoms with van der Waals surface area (Å²) >= 11 is 1.36. The molecule has 154 valence electrons. The number of nitrogens with zero attached hydrogens (tertiary/aromatic N) is 1. The number of thiazole rings is 1. The summed E-state index contributed by atoms with van der Waals surface area (Å²) in [4.78, 5) is 4.44. The molecule has 2 aromatic rings. The quantitative estimate of drug-likeness (QED) is 0.702. The average molecular weight is 400 g/mol. The maximum absolute atomic E-state index is 10.1. The maximum atomic E-state index is 10.1. The van der Waals surface area contributed by atoms with Crippen LogP contribution >= 0.6 is 11.3 Å². The molecule has 6 nitrogen and oxygen atoms in total. The van der Waals surface area contributed by atoms with Gasteiger partial charge in [0.1, 0.15) is 17.5 Å². The molecule has 0 aliphatic heterocycles. The van der Waals surface area contributed by atoms with Crippen LogP contribution in [0.25, 0.3) is 10.2 Å². The lowest BCUT2D eigenvalue weighted by Gasteiger charge is -2.22. The van der Waals surface area contributed by atoms with E-state index in [9.17, 15) is 10.2 Å². The maximum Gasteiger partial charge on any atom is 0.274 e. The van der Waals surface area contributed by atoms with Crippen molar-refractivity contribution in [2.45, 2.75) is 78.8 Å². The van der Waals surface area contributed by atoms with Gasteiger partial charge in [-0.1, -0.05) is 11.3 Å². The number of aromatic nitrogens is 1. The SMILES string of the molecule is CC(C)(C)O.CC(C)Oc1nc2cc(OC(C)(C)C)cc([C@H](O)CO)c2s1. The van der Waals surface area contributed by atoms with Crippen molar-refractivity contribution in [3.8, 4) is 10.9 Å². The van der Waals surface area contributed by atoms with E-state index in [4.69, 9.17) is 14.6 Å². The molecular weight excluding hydrogens is 366 g/mol. The fourth-order valence-electron chi connectivity index (χ4n) is 2.02. The lowest BCUT2D eigenvalue weighted by atomic mass is 10.1. The van der Waals surface area contributed by atoms with Gasteiger partial charge >= 0.3 is 0 Å². The van der Waals surface area contributed by atoms with Crippen LogP contribution in [-0.4, -0.2) is 44.2 Å². The Balaban J connectivity index is 0.000000646. The van der Waals surface area contributed by atoms with Crippen LogP contribution < -0.4 is 9.47 Å². The van der Waals surface area contributed by atoms with Crippen LogP contribution in [0.1, 0.15) is 67.1 Å². The molecule has 0 bridgehead atoms. The molecule has 1 atom stereocenters. The zero-order valence-corrected chi connectivity index (χ0v) is 18.3. The highest BCUT2D eigenvalue weighted by Gasteiger charge is 2.20. The third-order valence-corrected chi connectivity index (χ3v) is 3.78. The first-order valence-electron chi connectivity index (χ1n) is 9.01. The van der Waals surface area contributed by atoms with E-state index in [0.717, 1.165) is 4.70 Å². The van der Waals surface area contributed by atoms with Gasteiger partial charge in [0.05, 0.1) is 28.5 Å². The van der Waals surface area contributed by atoms with E-state index in [-0.39, 0.29) is 18.3 Å². The van der Waals surface area contributed by atoms with E-state index in [1.165, 1.54) is 11.3 Å². The van der Waals surface area contributed by atoms with Crippen molar-refractivity contribution in [2.75, 3.05) is 6.61 Å². The van der Waals surface area contributed by atoms with Gasteiger partial charge in [-0.3, -0.25) is 0 Å². The standard InChI is InChI=1S/C16H23NO4S.C4H10O/c1-9(2)20-15-17-12-7-10(21-16(3,4)5)6-11(13(19)8-18)14(12)22-15;1-4(2,3)5/h6-7,9,13,18-19H,8H2,1-5H3;5H,1-3H3/t13-;/m1./s1. The van der Waals surface area contributed by atoms with E-state index < -0.39 is 11.7 Å². The van der Waals surface area contributed by atoms with Crippen molar-refractivity contribution >= 4 is 21.6 Å². The second-order valence-corrected chi connectivity index (χ2v) is 9.55. The van der Waals surface area contributed by atoms with E-state index in [0.29, 0.717) is 22.0 Å². The number of ether oxygens (including phenoxy) is 2. The van der Waals surface area contributed by atoms with Crippen molar-refractivity contribution < 1.29 is 24.8 Å². The lowest BCUT2D eigenvalue weighted by Crippen LogP contribution is -2.23. The number of fused-ring (bicyclic) bond motifs is 1. The molecule has 0 unspecified atom stereocenters. The Morgan fingerprint density at radius 1 is 1.11 bits per heavy atom. The number of hydrogen-bond donors (Lipinski definition) is 3. The molecule has 0 amide bonds. The first-order valence-corrected chi connectivity index (χ1v) is 9.82. The summed E-state index contributed by atoms with van der Waals surface area (Å²) in [6.45, 7) is 14.6. The molecule has 27 heavy (non-hydrogen) atoms. The normalized spacial score (nSPS) is 13.3. The summed E-state index contributed by atoms with van der Waals surface area (Å²) < 4.78 is 12.3. The van der Waals surface area contributed by atoms with Gasteiger partial charge in [-0.25, -0.2) is 4.98 Å². The molecule has 0 fully saturated rings. The molecule has 0 aliphatic rings. The average Bonchev–Trinajstić information content (AvgIpc) is 2.83. The zero-order chi connectivity index (χ0) is 21.0. The predicted octanol–water partition coefficient (Wildman–Crippen LogP) is 4.06. The van der Waals surface area contributed by atoms with Gasteiger partial charge in [0.15, 0.2) is 0 Å². The molecule has 0 radical (unpaired) electrons. The molecule has 1 aromatic carbocycles. The molecule has 0 saturated heterocycles. The third kappa shape index (κ3) is 8.88. The highest BCUT2D eigenvalue weighted by Crippen LogP contribution is 2.37. The molecule has 2 rings (SSSR count). The van der Waals surface area contributed by atoms with Gasteiger partial charge in [0, 0.05) is 11.6 Å². The van der Waals surface area contributed by atoms with Gasteiger partial charge < -0.3 is 24.8 Å². The molecule has 1 aromatic heterocycles. The van der Waals surface area contributed by atoms with Crippen LogP contribution in [0, 0.1) is 0 Å². The van der Waals surface area contributed by atoms with E-state index in [1.54, 1.807) is 26.8 Å². The van der Waals surface area contributed by atoms with Crippen molar-refractivity contribution in [3.05, 3.63) is 17.7 Å². The summed E-state index contributed by atoms with van der Waals surface area (Å²) in [6.07, 6.45) is -0.949. The minimum atomic E-state index is -0.974. The van der Waals surface area contributed by atoms with Gasteiger partial charge in [-0.2, -0.15) is 0 Å². The van der Waals surface area contributed by atoms with Crippen LogP contribution in [0.3, 0.4) is 0 Å². The van der Waals surface area contributed by atoms with Crippen molar-refractivity contribution in [1.29, 1.82) is 0 Å². The fraction of sp³-hybridized carbons (Fsp3) is 0.650. The largest absolute Gasteiger partial charge is 0.488 e. The van der Waals surface area contributed by atoms with E-state index >= 15 is 0 Å². The number of hydrogen-bond acceptors (Lipinski definition) is 7. The van der Waals surface area contributed by atoms with Crippen molar-refractivity contribution in [2.24, 2.45) is 0 Å². The van der Waals surface area contributed by atoms with Gasteiger partial charge in [0.25, 0.3) is 5.19 Å².